The highest BCUT2D eigenvalue weighted by molar-refractivity contribution is 5.43. The molecular formula is C18H28N2O2. The van der Waals surface area contributed by atoms with E-state index in [0.29, 0.717) is 18.6 Å². The van der Waals surface area contributed by atoms with Crippen molar-refractivity contribution in [1.29, 1.82) is 0 Å². The summed E-state index contributed by atoms with van der Waals surface area (Å²) < 4.78 is 11.3. The Morgan fingerprint density at radius 1 is 0.909 bits per heavy atom. The first-order valence-corrected chi connectivity index (χ1v) is 8.33. The fourth-order valence-corrected chi connectivity index (χ4v) is 3.22. The topological polar surface area (TPSA) is 24.9 Å². The van der Waals surface area contributed by atoms with Crippen LogP contribution in [-0.4, -0.2) is 55.7 Å². The highest BCUT2D eigenvalue weighted by atomic mass is 16.6. The molecule has 122 valence electrons. The third-order valence-electron chi connectivity index (χ3n) is 4.18. The van der Waals surface area contributed by atoms with E-state index in [1.807, 2.05) is 6.07 Å². The summed E-state index contributed by atoms with van der Waals surface area (Å²) in [5, 5.41) is 0. The molecule has 1 aromatic rings. The van der Waals surface area contributed by atoms with Gasteiger partial charge in [0.1, 0.15) is 13.2 Å². The molecule has 0 aromatic heterocycles. The van der Waals surface area contributed by atoms with Crippen LogP contribution in [0.2, 0.25) is 0 Å². The predicted octanol–water partition coefficient (Wildman–Crippen LogP) is 2.62. The molecular weight excluding hydrogens is 276 g/mol. The normalized spacial score (nSPS) is 20.1. The van der Waals surface area contributed by atoms with Crippen molar-refractivity contribution in [2.24, 2.45) is 5.41 Å². The molecule has 0 N–H and O–H groups in total. The van der Waals surface area contributed by atoms with Crippen molar-refractivity contribution in [2.75, 3.05) is 45.9 Å². The van der Waals surface area contributed by atoms with Gasteiger partial charge in [-0.05, 0) is 23.1 Å². The van der Waals surface area contributed by atoms with E-state index in [-0.39, 0.29) is 0 Å². The molecule has 4 nitrogen and oxygen atoms in total. The van der Waals surface area contributed by atoms with Crippen LogP contribution >= 0.6 is 0 Å². The van der Waals surface area contributed by atoms with Gasteiger partial charge in [0, 0.05) is 39.3 Å². The highest BCUT2D eigenvalue weighted by Gasteiger charge is 2.22. The lowest BCUT2D eigenvalue weighted by Gasteiger charge is -2.37. The van der Waals surface area contributed by atoms with Crippen molar-refractivity contribution in [1.82, 2.24) is 9.80 Å². The maximum absolute atomic E-state index is 5.67. The van der Waals surface area contributed by atoms with Crippen LogP contribution in [0.15, 0.2) is 18.2 Å². The molecule has 0 aliphatic carbocycles. The molecule has 0 saturated carbocycles. The third-order valence-corrected chi connectivity index (χ3v) is 4.18. The molecule has 2 aliphatic rings. The second-order valence-corrected chi connectivity index (χ2v) is 7.59. The molecule has 0 atom stereocenters. The van der Waals surface area contributed by atoms with Gasteiger partial charge in [-0.15, -0.1) is 0 Å². The quantitative estimate of drug-likeness (QED) is 0.857. The lowest BCUT2D eigenvalue weighted by molar-refractivity contribution is 0.0981. The third kappa shape index (κ3) is 4.14. The second-order valence-electron chi connectivity index (χ2n) is 7.59. The Hall–Kier alpha value is -1.26. The van der Waals surface area contributed by atoms with Gasteiger partial charge in [0.2, 0.25) is 0 Å². The monoisotopic (exact) mass is 304 g/mol. The number of piperazine rings is 1. The van der Waals surface area contributed by atoms with Crippen molar-refractivity contribution in [3.05, 3.63) is 23.8 Å². The number of rotatable bonds is 3. The Bertz CT molecular complexity index is 502. The van der Waals surface area contributed by atoms with Crippen LogP contribution in [0.25, 0.3) is 0 Å². The summed E-state index contributed by atoms with van der Waals surface area (Å²) >= 11 is 0. The standard InChI is InChI=1S/C18H28N2O2/c1-18(2,3)14-20-8-6-19(7-9-20)13-15-4-5-16-17(12-15)22-11-10-21-16/h4-5,12H,6-11,13-14H2,1-3H3. The van der Waals surface area contributed by atoms with Gasteiger partial charge < -0.3 is 14.4 Å². The van der Waals surface area contributed by atoms with Crippen molar-refractivity contribution in [3.63, 3.8) is 0 Å². The molecule has 0 radical (unpaired) electrons. The second kappa shape index (κ2) is 6.47. The van der Waals surface area contributed by atoms with Crippen LogP contribution in [-0.2, 0) is 6.54 Å². The lowest BCUT2D eigenvalue weighted by Crippen LogP contribution is -2.48. The van der Waals surface area contributed by atoms with Gasteiger partial charge in [-0.25, -0.2) is 0 Å². The first kappa shape index (κ1) is 15.6. The van der Waals surface area contributed by atoms with Crippen molar-refractivity contribution in [3.8, 4) is 11.5 Å². The summed E-state index contributed by atoms with van der Waals surface area (Å²) in [6.45, 7) is 15.1. The zero-order valence-corrected chi connectivity index (χ0v) is 14.1. The van der Waals surface area contributed by atoms with E-state index in [1.54, 1.807) is 0 Å². The number of benzene rings is 1. The summed E-state index contributed by atoms with van der Waals surface area (Å²) in [7, 11) is 0. The molecule has 1 fully saturated rings. The first-order chi connectivity index (χ1) is 10.5. The van der Waals surface area contributed by atoms with E-state index >= 15 is 0 Å². The highest BCUT2D eigenvalue weighted by Crippen LogP contribution is 2.31. The van der Waals surface area contributed by atoms with Crippen LogP contribution in [0.3, 0.4) is 0 Å². The Morgan fingerprint density at radius 3 is 2.23 bits per heavy atom. The largest absolute Gasteiger partial charge is 0.486 e. The number of fused-ring (bicyclic) bond motifs is 1. The maximum atomic E-state index is 5.67. The van der Waals surface area contributed by atoms with E-state index in [0.717, 1.165) is 31.1 Å². The van der Waals surface area contributed by atoms with E-state index in [9.17, 15) is 0 Å². The number of ether oxygens (including phenoxy) is 2. The summed E-state index contributed by atoms with van der Waals surface area (Å²) in [5.74, 6) is 1.78. The van der Waals surface area contributed by atoms with E-state index < -0.39 is 0 Å². The zero-order chi connectivity index (χ0) is 15.6. The molecule has 4 heteroatoms. The molecule has 1 saturated heterocycles. The van der Waals surface area contributed by atoms with Crippen LogP contribution < -0.4 is 9.47 Å². The number of nitrogens with zero attached hydrogens (tertiary/aromatic N) is 2. The first-order valence-electron chi connectivity index (χ1n) is 8.33. The van der Waals surface area contributed by atoms with Gasteiger partial charge in [-0.3, -0.25) is 4.90 Å². The van der Waals surface area contributed by atoms with Crippen molar-refractivity contribution < 1.29 is 9.47 Å². The molecule has 0 amide bonds. The minimum atomic E-state index is 0.387. The van der Waals surface area contributed by atoms with Crippen LogP contribution in [0.1, 0.15) is 26.3 Å². The molecule has 22 heavy (non-hydrogen) atoms. The Balaban J connectivity index is 1.52. The molecule has 0 bridgehead atoms. The van der Waals surface area contributed by atoms with Gasteiger partial charge >= 0.3 is 0 Å². The van der Waals surface area contributed by atoms with Gasteiger partial charge in [-0.1, -0.05) is 26.8 Å². The fourth-order valence-electron chi connectivity index (χ4n) is 3.22. The van der Waals surface area contributed by atoms with Gasteiger partial charge in [0.05, 0.1) is 0 Å². The van der Waals surface area contributed by atoms with Crippen LogP contribution in [0.4, 0.5) is 0 Å². The molecule has 2 aliphatic heterocycles. The minimum Gasteiger partial charge on any atom is -0.486 e. The molecule has 0 unspecified atom stereocenters. The summed E-state index contributed by atoms with van der Waals surface area (Å²) in [6, 6.07) is 6.34. The SMILES string of the molecule is CC(C)(C)CN1CCN(Cc2ccc3c(c2)OCCO3)CC1. The Morgan fingerprint density at radius 2 is 1.55 bits per heavy atom. The predicted molar refractivity (Wildman–Crippen MR) is 88.6 cm³/mol. The van der Waals surface area contributed by atoms with E-state index in [1.165, 1.54) is 25.2 Å². The maximum Gasteiger partial charge on any atom is 0.161 e. The fraction of sp³-hybridized carbons (Fsp3) is 0.667. The van der Waals surface area contributed by atoms with Gasteiger partial charge in [0.15, 0.2) is 11.5 Å². The minimum absolute atomic E-state index is 0.387. The number of hydrogen-bond donors (Lipinski definition) is 0. The van der Waals surface area contributed by atoms with Crippen LogP contribution in [0.5, 0.6) is 11.5 Å². The van der Waals surface area contributed by atoms with Crippen LogP contribution in [0, 0.1) is 5.41 Å². The molecule has 0 spiro atoms. The van der Waals surface area contributed by atoms with E-state index in [4.69, 9.17) is 9.47 Å². The Labute approximate surface area is 134 Å². The molecule has 3 rings (SSSR count). The summed E-state index contributed by atoms with van der Waals surface area (Å²) in [4.78, 5) is 5.12. The van der Waals surface area contributed by atoms with E-state index in [2.05, 4.69) is 42.7 Å². The Kier molecular flexibility index (Phi) is 4.59. The molecule has 2 heterocycles. The smallest absolute Gasteiger partial charge is 0.161 e. The summed E-state index contributed by atoms with van der Waals surface area (Å²) in [5.41, 5.74) is 1.70. The zero-order valence-electron chi connectivity index (χ0n) is 14.1. The molecule has 1 aromatic carbocycles. The lowest BCUT2D eigenvalue weighted by atomic mass is 9.96. The average molecular weight is 304 g/mol. The van der Waals surface area contributed by atoms with Crippen molar-refractivity contribution in [2.45, 2.75) is 27.3 Å². The van der Waals surface area contributed by atoms with Crippen molar-refractivity contribution >= 4 is 0 Å². The van der Waals surface area contributed by atoms with Gasteiger partial charge in [0.25, 0.3) is 0 Å². The number of hydrogen-bond acceptors (Lipinski definition) is 4. The summed E-state index contributed by atoms with van der Waals surface area (Å²) in [6.07, 6.45) is 0. The average Bonchev–Trinajstić information content (AvgIpc) is 2.48. The van der Waals surface area contributed by atoms with Gasteiger partial charge in [-0.2, -0.15) is 0 Å².